The Labute approximate surface area is 90.9 Å². The second-order valence-corrected chi connectivity index (χ2v) is 3.88. The fraction of sp³-hybridized carbons (Fsp3) is 0.600. The van der Waals surface area contributed by atoms with Crippen LogP contribution in [-0.4, -0.2) is 49.1 Å². The Balaban J connectivity index is 2.43. The minimum absolute atomic E-state index is 0.513. The molecule has 2 N–H and O–H groups in total. The highest BCUT2D eigenvalue weighted by Gasteiger charge is 2.02. The molecule has 0 bridgehead atoms. The lowest BCUT2D eigenvalue weighted by atomic mass is 10.3. The lowest BCUT2D eigenvalue weighted by Crippen LogP contribution is -2.24. The van der Waals surface area contributed by atoms with Gasteiger partial charge in [-0.15, -0.1) is 0 Å². The summed E-state index contributed by atoms with van der Waals surface area (Å²) in [6.45, 7) is 2.04. The number of rotatable bonds is 5. The van der Waals surface area contributed by atoms with Crippen LogP contribution >= 0.6 is 0 Å². The van der Waals surface area contributed by atoms with Crippen molar-refractivity contribution in [3.63, 3.8) is 0 Å². The maximum Gasteiger partial charge on any atom is 0.133 e. The number of anilines is 2. The Bertz CT molecular complexity index is 300. The standard InChI is InChI=1S/C10H19N5/c1-14(2)5-4-6-15(3)10-7-9(11)12-8-13-10/h7-8H,4-6H2,1-3H3,(H2,11,12,13). The molecule has 0 spiro atoms. The lowest BCUT2D eigenvalue weighted by molar-refractivity contribution is 0.401. The Morgan fingerprint density at radius 1 is 1.20 bits per heavy atom. The third kappa shape index (κ3) is 4.12. The van der Waals surface area contributed by atoms with Crippen LogP contribution in [0.2, 0.25) is 0 Å². The highest BCUT2D eigenvalue weighted by Crippen LogP contribution is 2.09. The van der Waals surface area contributed by atoms with Crippen molar-refractivity contribution in [2.24, 2.45) is 0 Å². The number of hydrogen-bond donors (Lipinski definition) is 1. The molecule has 0 saturated heterocycles. The first-order valence-electron chi connectivity index (χ1n) is 5.03. The van der Waals surface area contributed by atoms with Gasteiger partial charge in [0.2, 0.25) is 0 Å². The van der Waals surface area contributed by atoms with E-state index in [-0.39, 0.29) is 0 Å². The van der Waals surface area contributed by atoms with Gasteiger partial charge in [-0.1, -0.05) is 0 Å². The first kappa shape index (κ1) is 11.7. The molecule has 0 amide bonds. The average Bonchev–Trinajstić information content (AvgIpc) is 2.17. The Morgan fingerprint density at radius 3 is 2.53 bits per heavy atom. The summed E-state index contributed by atoms with van der Waals surface area (Å²) in [6, 6.07) is 1.79. The quantitative estimate of drug-likeness (QED) is 0.763. The molecule has 0 aromatic carbocycles. The minimum Gasteiger partial charge on any atom is -0.384 e. The zero-order valence-corrected chi connectivity index (χ0v) is 9.64. The summed E-state index contributed by atoms with van der Waals surface area (Å²) in [6.07, 6.45) is 2.60. The smallest absolute Gasteiger partial charge is 0.133 e. The van der Waals surface area contributed by atoms with Crippen molar-refractivity contribution in [2.75, 3.05) is 44.9 Å². The predicted octanol–water partition coefficient (Wildman–Crippen LogP) is 0.447. The molecule has 5 heteroatoms. The molecular weight excluding hydrogens is 190 g/mol. The molecule has 0 saturated carbocycles. The SMILES string of the molecule is CN(C)CCCN(C)c1cc(N)ncn1. The van der Waals surface area contributed by atoms with Crippen molar-refractivity contribution in [3.05, 3.63) is 12.4 Å². The van der Waals surface area contributed by atoms with E-state index >= 15 is 0 Å². The van der Waals surface area contributed by atoms with Crippen molar-refractivity contribution in [1.29, 1.82) is 0 Å². The number of nitrogens with zero attached hydrogens (tertiary/aromatic N) is 4. The Morgan fingerprint density at radius 2 is 1.93 bits per heavy atom. The molecule has 0 fully saturated rings. The van der Waals surface area contributed by atoms with Crippen LogP contribution < -0.4 is 10.6 Å². The van der Waals surface area contributed by atoms with E-state index in [1.165, 1.54) is 6.33 Å². The molecule has 0 unspecified atom stereocenters. The molecule has 5 nitrogen and oxygen atoms in total. The maximum absolute atomic E-state index is 5.59. The van der Waals surface area contributed by atoms with Crippen LogP contribution in [0.5, 0.6) is 0 Å². The van der Waals surface area contributed by atoms with E-state index in [2.05, 4.69) is 33.9 Å². The summed E-state index contributed by atoms with van der Waals surface area (Å²) in [5.74, 6) is 1.39. The van der Waals surface area contributed by atoms with Crippen molar-refractivity contribution in [3.8, 4) is 0 Å². The molecule has 0 aliphatic rings. The number of nitrogen functional groups attached to an aromatic ring is 1. The van der Waals surface area contributed by atoms with Crippen LogP contribution in [0.25, 0.3) is 0 Å². The zero-order valence-electron chi connectivity index (χ0n) is 9.64. The van der Waals surface area contributed by atoms with Crippen LogP contribution in [-0.2, 0) is 0 Å². The van der Waals surface area contributed by atoms with Crippen LogP contribution in [0.1, 0.15) is 6.42 Å². The minimum atomic E-state index is 0.513. The molecule has 0 aliphatic heterocycles. The molecule has 0 aliphatic carbocycles. The summed E-state index contributed by atoms with van der Waals surface area (Å²) < 4.78 is 0. The van der Waals surface area contributed by atoms with Gasteiger partial charge in [-0.05, 0) is 27.1 Å². The van der Waals surface area contributed by atoms with E-state index in [0.717, 1.165) is 25.3 Å². The zero-order chi connectivity index (χ0) is 11.3. The van der Waals surface area contributed by atoms with E-state index in [1.807, 2.05) is 7.05 Å². The largest absolute Gasteiger partial charge is 0.384 e. The van der Waals surface area contributed by atoms with Crippen molar-refractivity contribution in [1.82, 2.24) is 14.9 Å². The van der Waals surface area contributed by atoms with Crippen LogP contribution in [0, 0.1) is 0 Å². The van der Waals surface area contributed by atoms with Crippen LogP contribution in [0.3, 0.4) is 0 Å². The number of nitrogens with two attached hydrogens (primary N) is 1. The summed E-state index contributed by atoms with van der Waals surface area (Å²) in [5.41, 5.74) is 5.59. The Kier molecular flexibility index (Phi) is 4.30. The van der Waals surface area contributed by atoms with Gasteiger partial charge in [0.1, 0.15) is 18.0 Å². The number of hydrogen-bond acceptors (Lipinski definition) is 5. The van der Waals surface area contributed by atoms with Gasteiger partial charge in [0.15, 0.2) is 0 Å². The second kappa shape index (κ2) is 5.50. The van der Waals surface area contributed by atoms with E-state index in [4.69, 9.17) is 5.73 Å². The summed E-state index contributed by atoms with van der Waals surface area (Å²) in [5, 5.41) is 0. The topological polar surface area (TPSA) is 58.3 Å². The molecule has 84 valence electrons. The maximum atomic E-state index is 5.59. The molecule has 0 atom stereocenters. The molecule has 1 aromatic rings. The predicted molar refractivity (Wildman–Crippen MR) is 62.9 cm³/mol. The van der Waals surface area contributed by atoms with Crippen LogP contribution in [0.4, 0.5) is 11.6 Å². The molecule has 1 heterocycles. The summed E-state index contributed by atoms with van der Waals surface area (Å²) >= 11 is 0. The van der Waals surface area contributed by atoms with E-state index in [0.29, 0.717) is 5.82 Å². The average molecular weight is 209 g/mol. The van der Waals surface area contributed by atoms with E-state index in [1.54, 1.807) is 6.07 Å². The summed E-state index contributed by atoms with van der Waals surface area (Å²) in [7, 11) is 6.16. The van der Waals surface area contributed by atoms with Crippen molar-refractivity contribution < 1.29 is 0 Å². The Hall–Kier alpha value is -1.36. The summed E-state index contributed by atoms with van der Waals surface area (Å²) in [4.78, 5) is 12.3. The van der Waals surface area contributed by atoms with Gasteiger partial charge in [-0.2, -0.15) is 0 Å². The van der Waals surface area contributed by atoms with Gasteiger partial charge in [-0.25, -0.2) is 9.97 Å². The second-order valence-electron chi connectivity index (χ2n) is 3.88. The lowest BCUT2D eigenvalue weighted by Gasteiger charge is -2.19. The van der Waals surface area contributed by atoms with E-state index < -0.39 is 0 Å². The van der Waals surface area contributed by atoms with Crippen LogP contribution in [0.15, 0.2) is 12.4 Å². The normalized spacial score (nSPS) is 10.7. The third-order valence-electron chi connectivity index (χ3n) is 2.16. The van der Waals surface area contributed by atoms with Gasteiger partial charge in [0, 0.05) is 19.7 Å². The monoisotopic (exact) mass is 209 g/mol. The molecule has 1 aromatic heterocycles. The molecule has 0 radical (unpaired) electrons. The van der Waals surface area contributed by atoms with Gasteiger partial charge in [-0.3, -0.25) is 0 Å². The van der Waals surface area contributed by atoms with Crippen molar-refractivity contribution in [2.45, 2.75) is 6.42 Å². The highest BCUT2D eigenvalue weighted by atomic mass is 15.2. The van der Waals surface area contributed by atoms with Gasteiger partial charge in [0.05, 0.1) is 0 Å². The van der Waals surface area contributed by atoms with Gasteiger partial charge in [0.25, 0.3) is 0 Å². The highest BCUT2D eigenvalue weighted by molar-refractivity contribution is 5.44. The fourth-order valence-corrected chi connectivity index (χ4v) is 1.31. The molecule has 1 rings (SSSR count). The molecule has 15 heavy (non-hydrogen) atoms. The van der Waals surface area contributed by atoms with Gasteiger partial charge < -0.3 is 15.5 Å². The van der Waals surface area contributed by atoms with Crippen molar-refractivity contribution >= 4 is 11.6 Å². The fourth-order valence-electron chi connectivity index (χ4n) is 1.31. The van der Waals surface area contributed by atoms with Gasteiger partial charge >= 0.3 is 0 Å². The number of aromatic nitrogens is 2. The first-order valence-corrected chi connectivity index (χ1v) is 5.03. The van der Waals surface area contributed by atoms with E-state index in [9.17, 15) is 0 Å². The third-order valence-corrected chi connectivity index (χ3v) is 2.16. The molecular formula is C10H19N5. The first-order chi connectivity index (χ1) is 7.09.